The van der Waals surface area contributed by atoms with Crippen molar-refractivity contribution >= 4 is 51.1 Å². The monoisotopic (exact) mass is 537 g/mol. The molecule has 2 aromatic rings. The van der Waals surface area contributed by atoms with Gasteiger partial charge in [0, 0.05) is 20.1 Å². The summed E-state index contributed by atoms with van der Waals surface area (Å²) in [5.74, 6) is 0.295. The number of aryl methyl sites for hydroxylation is 1. The zero-order chi connectivity index (χ0) is 19.9. The third kappa shape index (κ3) is 7.69. The highest BCUT2D eigenvalue weighted by molar-refractivity contribution is 14.0. The van der Waals surface area contributed by atoms with E-state index in [0.717, 1.165) is 16.9 Å². The van der Waals surface area contributed by atoms with Gasteiger partial charge in [-0.25, -0.2) is 8.42 Å². The molecule has 0 radical (unpaired) electrons. The molecule has 0 fully saturated rings. The Morgan fingerprint density at radius 3 is 2.54 bits per heavy atom. The summed E-state index contributed by atoms with van der Waals surface area (Å²) in [6, 6.07) is 11.5. The van der Waals surface area contributed by atoms with Crippen LogP contribution in [0.25, 0.3) is 0 Å². The highest BCUT2D eigenvalue weighted by Gasteiger charge is 2.20. The van der Waals surface area contributed by atoms with Crippen molar-refractivity contribution in [3.63, 3.8) is 0 Å². The Balaban J connectivity index is 0.00000392. The van der Waals surface area contributed by atoms with E-state index in [-0.39, 0.29) is 40.5 Å². The number of hydrogen-bond donors (Lipinski definition) is 2. The number of hydrogen-bond acceptors (Lipinski definition) is 5. The summed E-state index contributed by atoms with van der Waals surface area (Å²) in [6.45, 7) is 5.37. The van der Waals surface area contributed by atoms with Crippen LogP contribution in [0.2, 0.25) is 0 Å². The minimum Gasteiger partial charge on any atom is -0.390 e. The van der Waals surface area contributed by atoms with Crippen molar-refractivity contribution in [1.29, 1.82) is 0 Å². The number of nitrogens with zero attached hydrogens (tertiary/aromatic N) is 2. The lowest BCUT2D eigenvalue weighted by molar-refractivity contribution is 0.205. The number of rotatable bonds is 8. The Kier molecular flexibility index (Phi) is 10.4. The third-order valence-corrected chi connectivity index (χ3v) is 7.19. The lowest BCUT2D eigenvalue weighted by Crippen LogP contribution is -2.39. The van der Waals surface area contributed by atoms with E-state index in [1.165, 1.54) is 5.56 Å². The van der Waals surface area contributed by atoms with Gasteiger partial charge in [-0.15, -0.1) is 35.3 Å². The summed E-state index contributed by atoms with van der Waals surface area (Å²) < 4.78 is 24.8. The highest BCUT2D eigenvalue weighted by atomic mass is 127. The van der Waals surface area contributed by atoms with E-state index < -0.39 is 15.9 Å². The first-order valence-corrected chi connectivity index (χ1v) is 11.3. The lowest BCUT2D eigenvalue weighted by Gasteiger charge is -2.22. The molecule has 1 aromatic heterocycles. The fourth-order valence-corrected chi connectivity index (χ4v) is 5.00. The van der Waals surface area contributed by atoms with E-state index in [9.17, 15) is 13.5 Å². The molecule has 0 saturated carbocycles. The molecule has 1 heterocycles. The van der Waals surface area contributed by atoms with Gasteiger partial charge in [0.1, 0.15) is 4.21 Å². The Hall–Kier alpha value is -1.17. The van der Waals surface area contributed by atoms with Gasteiger partial charge in [-0.3, -0.25) is 4.99 Å². The van der Waals surface area contributed by atoms with Crippen LogP contribution in [0.15, 0.2) is 51.0 Å². The number of benzene rings is 1. The molecule has 0 bridgehead atoms. The number of guanidine groups is 1. The zero-order valence-electron chi connectivity index (χ0n) is 16.3. The summed E-state index contributed by atoms with van der Waals surface area (Å²) in [6.07, 6.45) is -1.06. The normalized spacial score (nSPS) is 12.9. The first-order chi connectivity index (χ1) is 12.8. The SMILES string of the molecule is CCNC(=NCC(O)CS(=O)(=O)c1cccs1)N(C)Cc1ccc(C)cc1.I. The number of aliphatic hydroxyl groups excluding tert-OH is 1. The van der Waals surface area contributed by atoms with Crippen molar-refractivity contribution in [2.45, 2.75) is 30.7 Å². The predicted octanol–water partition coefficient (Wildman–Crippen LogP) is 2.91. The standard InChI is InChI=1S/C19H27N3O3S2.HI/c1-4-20-19(22(3)13-16-9-7-15(2)8-10-16)21-12-17(23)14-27(24,25)18-6-5-11-26-18;/h5-11,17,23H,4,12-14H2,1-3H3,(H,20,21);1H. The fraction of sp³-hybridized carbons (Fsp3) is 0.421. The number of halogens is 1. The van der Waals surface area contributed by atoms with Crippen LogP contribution in [-0.2, 0) is 16.4 Å². The number of nitrogens with one attached hydrogen (secondary N) is 1. The second-order valence-electron chi connectivity index (χ2n) is 6.40. The van der Waals surface area contributed by atoms with Gasteiger partial charge in [0.15, 0.2) is 15.8 Å². The van der Waals surface area contributed by atoms with Gasteiger partial charge >= 0.3 is 0 Å². The summed E-state index contributed by atoms with van der Waals surface area (Å²) in [5.41, 5.74) is 2.35. The van der Waals surface area contributed by atoms with E-state index in [4.69, 9.17) is 0 Å². The van der Waals surface area contributed by atoms with Crippen molar-refractivity contribution in [1.82, 2.24) is 10.2 Å². The number of thiophene rings is 1. The molecule has 156 valence electrons. The first-order valence-electron chi connectivity index (χ1n) is 8.81. The maximum atomic E-state index is 12.3. The molecule has 0 spiro atoms. The van der Waals surface area contributed by atoms with Crippen molar-refractivity contribution in [3.8, 4) is 0 Å². The summed E-state index contributed by atoms with van der Waals surface area (Å²) >= 11 is 1.16. The average Bonchev–Trinajstić information content (AvgIpc) is 3.16. The second kappa shape index (κ2) is 11.7. The molecule has 0 aliphatic heterocycles. The molecule has 28 heavy (non-hydrogen) atoms. The second-order valence-corrected chi connectivity index (χ2v) is 9.61. The molecule has 6 nitrogen and oxygen atoms in total. The minimum atomic E-state index is -3.48. The largest absolute Gasteiger partial charge is 0.390 e. The Morgan fingerprint density at radius 1 is 1.29 bits per heavy atom. The quantitative estimate of drug-likeness (QED) is 0.308. The van der Waals surface area contributed by atoms with Crippen LogP contribution in [0.3, 0.4) is 0 Å². The third-order valence-electron chi connectivity index (χ3n) is 3.90. The molecule has 2 rings (SSSR count). The number of aliphatic imine (C=N–C) groups is 1. The summed E-state index contributed by atoms with van der Waals surface area (Å²) in [4.78, 5) is 6.37. The van der Waals surface area contributed by atoms with Crippen LogP contribution in [0, 0.1) is 6.92 Å². The van der Waals surface area contributed by atoms with Gasteiger partial charge < -0.3 is 15.3 Å². The van der Waals surface area contributed by atoms with Crippen LogP contribution < -0.4 is 5.32 Å². The van der Waals surface area contributed by atoms with Crippen LogP contribution in [0.4, 0.5) is 0 Å². The molecule has 1 aromatic carbocycles. The van der Waals surface area contributed by atoms with Crippen LogP contribution in [-0.4, -0.2) is 56.4 Å². The van der Waals surface area contributed by atoms with Gasteiger partial charge in [-0.05, 0) is 30.9 Å². The van der Waals surface area contributed by atoms with E-state index in [2.05, 4.69) is 34.6 Å². The van der Waals surface area contributed by atoms with Gasteiger partial charge in [-0.1, -0.05) is 35.9 Å². The topological polar surface area (TPSA) is 82.0 Å². The van der Waals surface area contributed by atoms with Gasteiger partial charge in [0.05, 0.1) is 18.4 Å². The number of sulfone groups is 1. The van der Waals surface area contributed by atoms with Crippen molar-refractivity contribution in [2.75, 3.05) is 25.9 Å². The fourth-order valence-electron chi connectivity index (χ4n) is 2.53. The highest BCUT2D eigenvalue weighted by Crippen LogP contribution is 2.18. The molecule has 0 aliphatic carbocycles. The van der Waals surface area contributed by atoms with Crippen molar-refractivity contribution in [3.05, 3.63) is 52.9 Å². The van der Waals surface area contributed by atoms with E-state index >= 15 is 0 Å². The Bertz CT molecular complexity index is 838. The Morgan fingerprint density at radius 2 is 1.96 bits per heavy atom. The Labute approximate surface area is 188 Å². The van der Waals surface area contributed by atoms with Crippen molar-refractivity contribution < 1.29 is 13.5 Å². The first kappa shape index (κ1) is 24.9. The van der Waals surface area contributed by atoms with Gasteiger partial charge in [-0.2, -0.15) is 0 Å². The van der Waals surface area contributed by atoms with Crippen molar-refractivity contribution in [2.24, 2.45) is 4.99 Å². The summed E-state index contributed by atoms with van der Waals surface area (Å²) in [7, 11) is -1.57. The van der Waals surface area contributed by atoms with Crippen LogP contribution >= 0.6 is 35.3 Å². The maximum absolute atomic E-state index is 12.3. The molecule has 1 unspecified atom stereocenters. The molecule has 1 atom stereocenters. The minimum absolute atomic E-state index is 0. The maximum Gasteiger partial charge on any atom is 0.194 e. The van der Waals surface area contributed by atoms with Gasteiger partial charge in [0.2, 0.25) is 0 Å². The molecule has 0 aliphatic rings. The van der Waals surface area contributed by atoms with E-state index in [0.29, 0.717) is 19.0 Å². The van der Waals surface area contributed by atoms with E-state index in [1.807, 2.05) is 25.8 Å². The molecule has 0 saturated heterocycles. The molecular weight excluding hydrogens is 509 g/mol. The van der Waals surface area contributed by atoms with E-state index in [1.54, 1.807) is 17.5 Å². The zero-order valence-corrected chi connectivity index (χ0v) is 20.3. The molecule has 9 heteroatoms. The van der Waals surface area contributed by atoms with Crippen LogP contribution in [0.5, 0.6) is 0 Å². The smallest absolute Gasteiger partial charge is 0.194 e. The molecule has 2 N–H and O–H groups in total. The van der Waals surface area contributed by atoms with Crippen LogP contribution in [0.1, 0.15) is 18.1 Å². The van der Waals surface area contributed by atoms with Gasteiger partial charge in [0.25, 0.3) is 0 Å². The molecular formula is C19H28IN3O3S2. The lowest BCUT2D eigenvalue weighted by atomic mass is 10.1. The predicted molar refractivity (Wildman–Crippen MR) is 126 cm³/mol. The average molecular weight is 537 g/mol. The molecule has 0 amide bonds. The number of aliphatic hydroxyl groups is 1. The summed E-state index contributed by atoms with van der Waals surface area (Å²) in [5, 5.41) is 15.1.